The lowest BCUT2D eigenvalue weighted by atomic mass is 9.95. The zero-order valence-electron chi connectivity index (χ0n) is 10.9. The van der Waals surface area contributed by atoms with Crippen LogP contribution in [0.15, 0.2) is 18.2 Å². The van der Waals surface area contributed by atoms with E-state index in [0.717, 1.165) is 16.7 Å². The van der Waals surface area contributed by atoms with Gasteiger partial charge in [0.25, 0.3) is 0 Å². The maximum atomic E-state index is 12.0. The Balaban J connectivity index is 3.04. The summed E-state index contributed by atoms with van der Waals surface area (Å²) < 4.78 is 0. The van der Waals surface area contributed by atoms with Gasteiger partial charge in [-0.05, 0) is 31.7 Å². The number of aryl methyl sites for hydroxylation is 1. The third kappa shape index (κ3) is 3.72. The topological polar surface area (TPSA) is 29.1 Å². The Hall–Kier alpha value is -1.59. The van der Waals surface area contributed by atoms with Crippen molar-refractivity contribution in [2.75, 3.05) is 13.6 Å². The van der Waals surface area contributed by atoms with Gasteiger partial charge in [0.15, 0.2) is 5.78 Å². The molecule has 0 bridgehead atoms. The summed E-state index contributed by atoms with van der Waals surface area (Å²) in [5.41, 5.74) is 2.70. The number of Topliss-reactive ketones (excluding diaryl/α,β-unsaturated/α-hetero) is 1. The van der Waals surface area contributed by atoms with E-state index in [2.05, 4.69) is 17.2 Å². The standard InChI is InChI=1S/C15H19NO/c1-11(2)15(17)14-10-13(6-5-9-16-4)8-7-12(14)3/h7-8,10-11,16H,9H2,1-4H3. The van der Waals surface area contributed by atoms with Gasteiger partial charge in [-0.3, -0.25) is 4.79 Å². The first-order valence-corrected chi connectivity index (χ1v) is 5.84. The largest absolute Gasteiger partial charge is 0.309 e. The van der Waals surface area contributed by atoms with Gasteiger partial charge in [-0.2, -0.15) is 0 Å². The number of carbonyl (C=O) groups excluding carboxylic acids is 1. The Labute approximate surface area is 103 Å². The summed E-state index contributed by atoms with van der Waals surface area (Å²) in [5.74, 6) is 6.24. The second-order valence-corrected chi connectivity index (χ2v) is 4.38. The highest BCUT2D eigenvalue weighted by molar-refractivity contribution is 5.99. The van der Waals surface area contributed by atoms with Crippen LogP contribution in [0.4, 0.5) is 0 Å². The van der Waals surface area contributed by atoms with Crippen molar-refractivity contribution in [2.24, 2.45) is 5.92 Å². The SMILES string of the molecule is CNCC#Cc1ccc(C)c(C(=O)C(C)C)c1. The minimum atomic E-state index is 0.0224. The fourth-order valence-corrected chi connectivity index (χ4v) is 1.51. The molecule has 0 amide bonds. The zero-order valence-corrected chi connectivity index (χ0v) is 10.9. The predicted molar refractivity (Wildman–Crippen MR) is 71.2 cm³/mol. The van der Waals surface area contributed by atoms with E-state index in [4.69, 9.17) is 0 Å². The summed E-state index contributed by atoms with van der Waals surface area (Å²) in [5, 5.41) is 2.96. The Morgan fingerprint density at radius 1 is 1.41 bits per heavy atom. The smallest absolute Gasteiger partial charge is 0.165 e. The second-order valence-electron chi connectivity index (χ2n) is 4.38. The molecule has 0 saturated heterocycles. The third-order valence-corrected chi connectivity index (χ3v) is 2.53. The van der Waals surface area contributed by atoms with Crippen LogP contribution in [0.2, 0.25) is 0 Å². The molecule has 90 valence electrons. The Kier molecular flexibility index (Phi) is 4.93. The van der Waals surface area contributed by atoms with Crippen LogP contribution in [0.1, 0.15) is 35.3 Å². The average molecular weight is 229 g/mol. The maximum Gasteiger partial charge on any atom is 0.165 e. The molecule has 0 unspecified atom stereocenters. The molecule has 0 heterocycles. The van der Waals surface area contributed by atoms with Crippen molar-refractivity contribution in [3.8, 4) is 11.8 Å². The molecule has 2 heteroatoms. The van der Waals surface area contributed by atoms with Crippen molar-refractivity contribution < 1.29 is 4.79 Å². The molecule has 2 nitrogen and oxygen atoms in total. The molecule has 0 fully saturated rings. The fourth-order valence-electron chi connectivity index (χ4n) is 1.51. The van der Waals surface area contributed by atoms with Gasteiger partial charge in [-0.1, -0.05) is 31.8 Å². The number of hydrogen-bond acceptors (Lipinski definition) is 2. The van der Waals surface area contributed by atoms with Gasteiger partial charge in [0.05, 0.1) is 6.54 Å². The molecular weight excluding hydrogens is 210 g/mol. The molecule has 0 aromatic heterocycles. The van der Waals surface area contributed by atoms with E-state index in [0.29, 0.717) is 6.54 Å². The van der Waals surface area contributed by atoms with Gasteiger partial charge in [-0.25, -0.2) is 0 Å². The monoisotopic (exact) mass is 229 g/mol. The average Bonchev–Trinajstić information content (AvgIpc) is 2.30. The number of ketones is 1. The summed E-state index contributed by atoms with van der Waals surface area (Å²) >= 11 is 0. The number of hydrogen-bond donors (Lipinski definition) is 1. The van der Waals surface area contributed by atoms with E-state index in [9.17, 15) is 4.79 Å². The van der Waals surface area contributed by atoms with E-state index in [1.165, 1.54) is 0 Å². The third-order valence-electron chi connectivity index (χ3n) is 2.53. The summed E-state index contributed by atoms with van der Waals surface area (Å²) in [6.07, 6.45) is 0. The van der Waals surface area contributed by atoms with Crippen LogP contribution in [0.5, 0.6) is 0 Å². The predicted octanol–water partition coefficient (Wildman–Crippen LogP) is 2.40. The molecule has 1 aromatic carbocycles. The summed E-state index contributed by atoms with van der Waals surface area (Å²) in [7, 11) is 1.86. The van der Waals surface area contributed by atoms with Gasteiger partial charge < -0.3 is 5.32 Å². The molecule has 0 saturated carbocycles. The minimum absolute atomic E-state index is 0.0224. The number of nitrogens with one attached hydrogen (secondary N) is 1. The molecule has 0 radical (unpaired) electrons. The van der Waals surface area contributed by atoms with Crippen LogP contribution in [0.25, 0.3) is 0 Å². The molecule has 1 rings (SSSR count). The Morgan fingerprint density at radius 2 is 2.12 bits per heavy atom. The van der Waals surface area contributed by atoms with Crippen LogP contribution >= 0.6 is 0 Å². The van der Waals surface area contributed by atoms with Crippen LogP contribution in [0, 0.1) is 24.7 Å². The molecule has 0 aliphatic carbocycles. The van der Waals surface area contributed by atoms with E-state index in [-0.39, 0.29) is 11.7 Å². The lowest BCUT2D eigenvalue weighted by molar-refractivity contribution is 0.0939. The van der Waals surface area contributed by atoms with Crippen molar-refractivity contribution in [3.63, 3.8) is 0 Å². The first-order valence-electron chi connectivity index (χ1n) is 5.84. The van der Waals surface area contributed by atoms with E-state index >= 15 is 0 Å². The number of carbonyl (C=O) groups is 1. The van der Waals surface area contributed by atoms with Crippen molar-refractivity contribution in [1.82, 2.24) is 5.32 Å². The molecular formula is C15H19NO. The molecule has 0 spiro atoms. The highest BCUT2D eigenvalue weighted by atomic mass is 16.1. The Bertz CT molecular complexity index is 464. The van der Waals surface area contributed by atoms with Crippen LogP contribution in [-0.2, 0) is 0 Å². The molecule has 1 aromatic rings. The van der Waals surface area contributed by atoms with Crippen LogP contribution in [-0.4, -0.2) is 19.4 Å². The normalized spacial score (nSPS) is 9.94. The van der Waals surface area contributed by atoms with E-state index < -0.39 is 0 Å². The molecule has 0 atom stereocenters. The molecule has 0 aliphatic heterocycles. The van der Waals surface area contributed by atoms with Gasteiger partial charge in [0.2, 0.25) is 0 Å². The van der Waals surface area contributed by atoms with Gasteiger partial charge in [0.1, 0.15) is 0 Å². The maximum absolute atomic E-state index is 12.0. The zero-order chi connectivity index (χ0) is 12.8. The molecule has 1 N–H and O–H groups in total. The van der Waals surface area contributed by atoms with E-state index in [1.807, 2.05) is 46.0 Å². The van der Waals surface area contributed by atoms with E-state index in [1.54, 1.807) is 0 Å². The van der Waals surface area contributed by atoms with Gasteiger partial charge in [-0.15, -0.1) is 0 Å². The highest BCUT2D eigenvalue weighted by Crippen LogP contribution is 2.15. The lowest BCUT2D eigenvalue weighted by Crippen LogP contribution is -2.09. The van der Waals surface area contributed by atoms with Gasteiger partial charge >= 0.3 is 0 Å². The summed E-state index contributed by atoms with van der Waals surface area (Å²) in [6.45, 7) is 6.45. The quantitative estimate of drug-likeness (QED) is 0.637. The second kappa shape index (κ2) is 6.22. The summed E-state index contributed by atoms with van der Waals surface area (Å²) in [4.78, 5) is 12.0. The first-order chi connectivity index (χ1) is 8.06. The van der Waals surface area contributed by atoms with Crippen molar-refractivity contribution in [3.05, 3.63) is 34.9 Å². The van der Waals surface area contributed by atoms with Crippen LogP contribution in [0.3, 0.4) is 0 Å². The Morgan fingerprint density at radius 3 is 2.71 bits per heavy atom. The van der Waals surface area contributed by atoms with Crippen molar-refractivity contribution in [1.29, 1.82) is 0 Å². The van der Waals surface area contributed by atoms with Crippen molar-refractivity contribution >= 4 is 5.78 Å². The molecule has 17 heavy (non-hydrogen) atoms. The minimum Gasteiger partial charge on any atom is -0.309 e. The fraction of sp³-hybridized carbons (Fsp3) is 0.400. The van der Waals surface area contributed by atoms with Gasteiger partial charge in [0, 0.05) is 17.0 Å². The highest BCUT2D eigenvalue weighted by Gasteiger charge is 2.12. The lowest BCUT2D eigenvalue weighted by Gasteiger charge is -2.08. The summed E-state index contributed by atoms with van der Waals surface area (Å²) in [6, 6.07) is 5.80. The van der Waals surface area contributed by atoms with Crippen molar-refractivity contribution in [2.45, 2.75) is 20.8 Å². The first kappa shape index (κ1) is 13.5. The molecule has 0 aliphatic rings. The number of benzene rings is 1. The number of rotatable bonds is 3. The van der Waals surface area contributed by atoms with Crippen LogP contribution < -0.4 is 5.32 Å².